The minimum absolute atomic E-state index is 0.00461. The summed E-state index contributed by atoms with van der Waals surface area (Å²) >= 11 is 0. The van der Waals surface area contributed by atoms with Crippen molar-refractivity contribution in [3.8, 4) is 0 Å². The van der Waals surface area contributed by atoms with Crippen LogP contribution in [0.5, 0.6) is 0 Å². The zero-order chi connectivity index (χ0) is 13.2. The molecule has 1 heterocycles. The van der Waals surface area contributed by atoms with Crippen LogP contribution in [-0.4, -0.2) is 49.6 Å². The Morgan fingerprint density at radius 1 is 1.61 bits per heavy atom. The van der Waals surface area contributed by atoms with Crippen LogP contribution in [0.2, 0.25) is 0 Å². The Kier molecular flexibility index (Phi) is 7.96. The van der Waals surface area contributed by atoms with Gasteiger partial charge in [-0.1, -0.05) is 0 Å². The molecular weight excluding hydrogens is 234 g/mol. The molecule has 5 nitrogen and oxygen atoms in total. The zero-order valence-electron chi connectivity index (χ0n) is 11.2. The highest BCUT2D eigenvalue weighted by Gasteiger charge is 2.14. The minimum atomic E-state index is -0.412. The van der Waals surface area contributed by atoms with E-state index in [4.69, 9.17) is 14.6 Å². The van der Waals surface area contributed by atoms with Crippen LogP contribution in [0.3, 0.4) is 0 Å². The Bertz CT molecular complexity index is 227. The van der Waals surface area contributed by atoms with Crippen LogP contribution < -0.4 is 5.32 Å². The highest BCUT2D eigenvalue weighted by Crippen LogP contribution is 2.11. The predicted octanol–water partition coefficient (Wildman–Crippen LogP) is 0.849. The molecule has 5 heteroatoms. The fraction of sp³-hybridized carbons (Fsp3) is 0.923. The summed E-state index contributed by atoms with van der Waals surface area (Å²) in [6, 6.07) is 0. The number of hydrogen-bond donors (Lipinski definition) is 2. The quantitative estimate of drug-likeness (QED) is 0.602. The van der Waals surface area contributed by atoms with Crippen molar-refractivity contribution in [2.45, 2.75) is 51.2 Å². The van der Waals surface area contributed by atoms with Gasteiger partial charge < -0.3 is 19.9 Å². The Hall–Kier alpha value is -0.650. The average Bonchev–Trinajstić information content (AvgIpc) is 2.84. The molecule has 18 heavy (non-hydrogen) atoms. The summed E-state index contributed by atoms with van der Waals surface area (Å²) in [5, 5.41) is 11.8. The second-order valence-corrected chi connectivity index (χ2v) is 4.80. The lowest BCUT2D eigenvalue weighted by Crippen LogP contribution is -2.26. The van der Waals surface area contributed by atoms with Gasteiger partial charge in [0.2, 0.25) is 5.91 Å². The van der Waals surface area contributed by atoms with E-state index in [2.05, 4.69) is 5.32 Å². The monoisotopic (exact) mass is 259 g/mol. The number of aliphatic hydroxyl groups excluding tert-OH is 1. The molecule has 106 valence electrons. The van der Waals surface area contributed by atoms with Gasteiger partial charge in [0.1, 0.15) is 0 Å². The van der Waals surface area contributed by atoms with Crippen molar-refractivity contribution in [1.29, 1.82) is 0 Å². The van der Waals surface area contributed by atoms with Crippen molar-refractivity contribution >= 4 is 5.91 Å². The SMILES string of the molecule is CC(O)CCC(=O)NCCCOCC1CCCO1. The summed E-state index contributed by atoms with van der Waals surface area (Å²) in [5.41, 5.74) is 0. The molecule has 0 aromatic rings. The Balaban J connectivity index is 1.84. The van der Waals surface area contributed by atoms with Crippen molar-refractivity contribution < 1.29 is 19.4 Å². The van der Waals surface area contributed by atoms with Crippen LogP contribution in [-0.2, 0) is 14.3 Å². The van der Waals surface area contributed by atoms with Gasteiger partial charge in [-0.05, 0) is 32.6 Å². The lowest BCUT2D eigenvalue weighted by Gasteiger charge is -2.10. The van der Waals surface area contributed by atoms with Crippen LogP contribution in [0.4, 0.5) is 0 Å². The van der Waals surface area contributed by atoms with E-state index in [0.717, 1.165) is 25.9 Å². The molecule has 1 fully saturated rings. The van der Waals surface area contributed by atoms with Crippen molar-refractivity contribution in [2.24, 2.45) is 0 Å². The Morgan fingerprint density at radius 2 is 2.44 bits per heavy atom. The number of hydrogen-bond acceptors (Lipinski definition) is 4. The molecule has 2 N–H and O–H groups in total. The smallest absolute Gasteiger partial charge is 0.220 e. The van der Waals surface area contributed by atoms with Gasteiger partial charge in [0.05, 0.1) is 18.8 Å². The van der Waals surface area contributed by atoms with Gasteiger partial charge in [0.25, 0.3) is 0 Å². The molecule has 1 saturated heterocycles. The maximum Gasteiger partial charge on any atom is 0.220 e. The van der Waals surface area contributed by atoms with Crippen molar-refractivity contribution in [3.05, 3.63) is 0 Å². The fourth-order valence-electron chi connectivity index (χ4n) is 1.82. The van der Waals surface area contributed by atoms with Crippen LogP contribution in [0, 0.1) is 0 Å². The summed E-state index contributed by atoms with van der Waals surface area (Å²) in [6.45, 7) is 4.48. The summed E-state index contributed by atoms with van der Waals surface area (Å²) in [4.78, 5) is 11.3. The molecular formula is C13H25NO4. The summed E-state index contributed by atoms with van der Waals surface area (Å²) < 4.78 is 10.9. The second kappa shape index (κ2) is 9.30. The van der Waals surface area contributed by atoms with Crippen molar-refractivity contribution in [3.63, 3.8) is 0 Å². The fourth-order valence-corrected chi connectivity index (χ4v) is 1.82. The minimum Gasteiger partial charge on any atom is -0.393 e. The molecule has 1 aliphatic rings. The Labute approximate surface area is 109 Å². The lowest BCUT2D eigenvalue weighted by molar-refractivity contribution is -0.121. The molecule has 0 aromatic carbocycles. The van der Waals surface area contributed by atoms with E-state index in [1.54, 1.807) is 6.92 Å². The average molecular weight is 259 g/mol. The first-order valence-corrected chi connectivity index (χ1v) is 6.82. The zero-order valence-corrected chi connectivity index (χ0v) is 11.2. The van der Waals surface area contributed by atoms with Crippen LogP contribution in [0.1, 0.15) is 39.0 Å². The van der Waals surface area contributed by atoms with Gasteiger partial charge >= 0.3 is 0 Å². The third-order valence-corrected chi connectivity index (χ3v) is 2.90. The topological polar surface area (TPSA) is 67.8 Å². The number of aliphatic hydroxyl groups is 1. The molecule has 0 bridgehead atoms. The van der Waals surface area contributed by atoms with Gasteiger partial charge in [-0.25, -0.2) is 0 Å². The predicted molar refractivity (Wildman–Crippen MR) is 68.3 cm³/mol. The molecule has 0 aliphatic carbocycles. The maximum absolute atomic E-state index is 11.3. The van der Waals surface area contributed by atoms with Crippen molar-refractivity contribution in [1.82, 2.24) is 5.32 Å². The number of carbonyl (C=O) groups excluding carboxylic acids is 1. The molecule has 1 rings (SSSR count). The maximum atomic E-state index is 11.3. The van der Waals surface area contributed by atoms with E-state index in [-0.39, 0.29) is 12.0 Å². The molecule has 0 radical (unpaired) electrons. The Morgan fingerprint density at radius 3 is 3.11 bits per heavy atom. The molecule has 2 atom stereocenters. The van der Waals surface area contributed by atoms with Crippen molar-refractivity contribution in [2.75, 3.05) is 26.4 Å². The summed E-state index contributed by atoms with van der Waals surface area (Å²) in [7, 11) is 0. The summed E-state index contributed by atoms with van der Waals surface area (Å²) in [6.07, 6.45) is 3.79. The van der Waals surface area contributed by atoms with Gasteiger partial charge in [0.15, 0.2) is 0 Å². The third-order valence-electron chi connectivity index (χ3n) is 2.90. The number of rotatable bonds is 9. The molecule has 1 aliphatic heterocycles. The normalized spacial score (nSPS) is 20.9. The highest BCUT2D eigenvalue weighted by molar-refractivity contribution is 5.75. The second-order valence-electron chi connectivity index (χ2n) is 4.80. The van der Waals surface area contributed by atoms with E-state index in [1.165, 1.54) is 0 Å². The number of amides is 1. The van der Waals surface area contributed by atoms with E-state index >= 15 is 0 Å². The molecule has 0 aromatic heterocycles. The van der Waals surface area contributed by atoms with E-state index in [1.807, 2.05) is 0 Å². The number of ether oxygens (including phenoxy) is 2. The molecule has 1 amide bonds. The van der Waals surface area contributed by atoms with Gasteiger partial charge in [-0.15, -0.1) is 0 Å². The van der Waals surface area contributed by atoms with E-state index in [0.29, 0.717) is 32.6 Å². The van der Waals surface area contributed by atoms with E-state index < -0.39 is 6.10 Å². The molecule has 0 spiro atoms. The van der Waals surface area contributed by atoms with Crippen LogP contribution in [0.15, 0.2) is 0 Å². The van der Waals surface area contributed by atoms with E-state index in [9.17, 15) is 4.79 Å². The van der Waals surface area contributed by atoms with Crippen LogP contribution >= 0.6 is 0 Å². The largest absolute Gasteiger partial charge is 0.393 e. The molecule has 2 unspecified atom stereocenters. The molecule has 0 saturated carbocycles. The van der Waals surface area contributed by atoms with Crippen LogP contribution in [0.25, 0.3) is 0 Å². The summed E-state index contributed by atoms with van der Waals surface area (Å²) in [5.74, 6) is -0.00461. The highest BCUT2D eigenvalue weighted by atomic mass is 16.5. The third kappa shape index (κ3) is 7.63. The van der Waals surface area contributed by atoms with Gasteiger partial charge in [0, 0.05) is 26.2 Å². The number of nitrogens with one attached hydrogen (secondary N) is 1. The first-order valence-electron chi connectivity index (χ1n) is 6.82. The first-order chi connectivity index (χ1) is 8.68. The lowest BCUT2D eigenvalue weighted by atomic mass is 10.2. The standard InChI is InChI=1S/C13H25NO4/c1-11(15)5-6-13(16)14-7-3-8-17-10-12-4-2-9-18-12/h11-12,15H,2-10H2,1H3,(H,14,16). The van der Waals surface area contributed by atoms with Gasteiger partial charge in [-0.2, -0.15) is 0 Å². The number of carbonyl (C=O) groups is 1. The van der Waals surface area contributed by atoms with Gasteiger partial charge in [-0.3, -0.25) is 4.79 Å². The first kappa shape index (κ1) is 15.4.